The van der Waals surface area contributed by atoms with Crippen molar-refractivity contribution in [2.45, 2.75) is 26.3 Å². The first-order valence-electron chi connectivity index (χ1n) is 10.8. The molecule has 2 N–H and O–H groups in total. The Kier molecular flexibility index (Phi) is 6.18. The van der Waals surface area contributed by atoms with Crippen LogP contribution in [0.2, 0.25) is 0 Å². The Morgan fingerprint density at radius 3 is 2.18 bits per heavy atom. The lowest BCUT2D eigenvalue weighted by atomic mass is 9.95. The number of carbonyl (C=O) groups excluding carboxylic acids is 2. The van der Waals surface area contributed by atoms with Crippen LogP contribution in [-0.4, -0.2) is 28.5 Å². The Labute approximate surface area is 192 Å². The quantitative estimate of drug-likeness (QED) is 0.314. The van der Waals surface area contributed by atoms with Crippen molar-refractivity contribution in [3.63, 3.8) is 0 Å². The molecule has 0 saturated carbocycles. The van der Waals surface area contributed by atoms with E-state index in [1.165, 1.54) is 17.0 Å². The number of ether oxygens (including phenoxy) is 1. The fraction of sp³-hybridized carbons (Fsp3) is 0.185. The molecule has 1 unspecified atom stereocenters. The Morgan fingerprint density at radius 2 is 1.58 bits per heavy atom. The fourth-order valence-corrected chi connectivity index (χ4v) is 3.86. The van der Waals surface area contributed by atoms with Crippen LogP contribution in [0.1, 0.15) is 36.1 Å². The summed E-state index contributed by atoms with van der Waals surface area (Å²) >= 11 is 0. The number of amides is 1. The summed E-state index contributed by atoms with van der Waals surface area (Å²) in [5, 5.41) is 20.9. The fourth-order valence-electron chi connectivity index (χ4n) is 3.86. The highest BCUT2D eigenvalue weighted by molar-refractivity contribution is 6.51. The van der Waals surface area contributed by atoms with Crippen LogP contribution in [-0.2, 0) is 9.59 Å². The maximum atomic E-state index is 13.1. The zero-order valence-electron chi connectivity index (χ0n) is 18.5. The van der Waals surface area contributed by atoms with Gasteiger partial charge in [-0.25, -0.2) is 0 Å². The van der Waals surface area contributed by atoms with E-state index in [0.29, 0.717) is 29.2 Å². The van der Waals surface area contributed by atoms with Crippen LogP contribution in [0, 0.1) is 6.92 Å². The first-order chi connectivity index (χ1) is 15.9. The number of benzene rings is 3. The number of aliphatic hydroxyl groups excluding tert-OH is 1. The molecule has 33 heavy (non-hydrogen) atoms. The molecule has 0 aromatic heterocycles. The summed E-state index contributed by atoms with van der Waals surface area (Å²) in [6, 6.07) is 19.4. The third-order valence-corrected chi connectivity index (χ3v) is 5.57. The lowest BCUT2D eigenvalue weighted by Crippen LogP contribution is -2.29. The van der Waals surface area contributed by atoms with Crippen LogP contribution < -0.4 is 9.64 Å². The molecule has 1 heterocycles. The van der Waals surface area contributed by atoms with Crippen molar-refractivity contribution in [3.8, 4) is 11.5 Å². The van der Waals surface area contributed by atoms with Gasteiger partial charge in [-0.3, -0.25) is 14.5 Å². The van der Waals surface area contributed by atoms with E-state index in [1.807, 2.05) is 26.0 Å². The molecule has 0 radical (unpaired) electrons. The van der Waals surface area contributed by atoms with E-state index in [-0.39, 0.29) is 17.1 Å². The molecule has 3 aromatic carbocycles. The lowest BCUT2D eigenvalue weighted by Gasteiger charge is -2.25. The SMILES string of the molecule is CCCOc1ccc(/C(O)=C2\C(=O)C(=O)N(c3ccc(C)cc3)C2c2ccc(O)cc2)cc1. The van der Waals surface area contributed by atoms with Gasteiger partial charge in [0.1, 0.15) is 17.3 Å². The summed E-state index contributed by atoms with van der Waals surface area (Å²) in [6.45, 7) is 4.52. The summed E-state index contributed by atoms with van der Waals surface area (Å²) < 4.78 is 5.59. The number of hydrogen-bond donors (Lipinski definition) is 2. The highest BCUT2D eigenvalue weighted by Gasteiger charge is 2.46. The van der Waals surface area contributed by atoms with E-state index in [1.54, 1.807) is 48.5 Å². The molecule has 1 aliphatic rings. The molecule has 1 fully saturated rings. The second-order valence-electron chi connectivity index (χ2n) is 7.97. The van der Waals surface area contributed by atoms with E-state index >= 15 is 0 Å². The number of ketones is 1. The number of aryl methyl sites for hydroxylation is 1. The molecule has 3 aromatic rings. The number of aromatic hydroxyl groups is 1. The molecule has 0 aliphatic carbocycles. The van der Waals surface area contributed by atoms with Crippen LogP contribution in [0.25, 0.3) is 5.76 Å². The van der Waals surface area contributed by atoms with Crippen LogP contribution >= 0.6 is 0 Å². The number of phenols is 1. The molecule has 1 aliphatic heterocycles. The Hall–Kier alpha value is -4.06. The first kappa shape index (κ1) is 22.1. The number of nitrogens with zero attached hydrogens (tertiary/aromatic N) is 1. The molecule has 0 spiro atoms. The van der Waals surface area contributed by atoms with Crippen LogP contribution in [0.5, 0.6) is 11.5 Å². The number of carbonyl (C=O) groups is 2. The Morgan fingerprint density at radius 1 is 0.939 bits per heavy atom. The zero-order chi connectivity index (χ0) is 23.5. The number of phenolic OH excluding ortho intramolecular Hbond substituents is 1. The third-order valence-electron chi connectivity index (χ3n) is 5.57. The lowest BCUT2D eigenvalue weighted by molar-refractivity contribution is -0.132. The molecule has 1 saturated heterocycles. The molecule has 4 rings (SSSR count). The molecule has 1 amide bonds. The normalized spacial score (nSPS) is 17.4. The number of Topliss-reactive ketones (excluding diaryl/α,β-unsaturated/α-hetero) is 1. The van der Waals surface area contributed by atoms with Gasteiger partial charge in [-0.1, -0.05) is 36.8 Å². The molecule has 1 atom stereocenters. The maximum absolute atomic E-state index is 13.1. The van der Waals surface area contributed by atoms with Crippen molar-refractivity contribution < 1.29 is 24.5 Å². The summed E-state index contributed by atoms with van der Waals surface area (Å²) in [7, 11) is 0. The molecule has 6 nitrogen and oxygen atoms in total. The third kappa shape index (κ3) is 4.32. The van der Waals surface area contributed by atoms with Crippen molar-refractivity contribution in [2.75, 3.05) is 11.5 Å². The number of hydrogen-bond acceptors (Lipinski definition) is 5. The minimum Gasteiger partial charge on any atom is -0.508 e. The monoisotopic (exact) mass is 443 g/mol. The van der Waals surface area contributed by atoms with E-state index in [0.717, 1.165) is 12.0 Å². The Balaban J connectivity index is 1.84. The highest BCUT2D eigenvalue weighted by atomic mass is 16.5. The van der Waals surface area contributed by atoms with Crippen LogP contribution in [0.3, 0.4) is 0 Å². The Bertz CT molecular complexity index is 1190. The number of aliphatic hydroxyl groups is 1. The summed E-state index contributed by atoms with van der Waals surface area (Å²) in [4.78, 5) is 27.7. The smallest absolute Gasteiger partial charge is 0.300 e. The molecule has 0 bridgehead atoms. The van der Waals surface area contributed by atoms with Gasteiger partial charge in [-0.2, -0.15) is 0 Å². The van der Waals surface area contributed by atoms with E-state index in [9.17, 15) is 19.8 Å². The second kappa shape index (κ2) is 9.20. The largest absolute Gasteiger partial charge is 0.508 e. The summed E-state index contributed by atoms with van der Waals surface area (Å²) in [5.41, 5.74) is 2.56. The average Bonchev–Trinajstić information content (AvgIpc) is 3.09. The van der Waals surface area contributed by atoms with Gasteiger partial charge in [0.2, 0.25) is 0 Å². The second-order valence-corrected chi connectivity index (χ2v) is 7.97. The van der Waals surface area contributed by atoms with Crippen molar-refractivity contribution in [1.82, 2.24) is 0 Å². The van der Waals surface area contributed by atoms with Gasteiger partial charge in [0.15, 0.2) is 0 Å². The van der Waals surface area contributed by atoms with E-state index < -0.39 is 17.7 Å². The molecule has 6 heteroatoms. The minimum absolute atomic E-state index is 0.00603. The van der Waals surface area contributed by atoms with Crippen molar-refractivity contribution in [1.29, 1.82) is 0 Å². The van der Waals surface area contributed by atoms with Crippen LogP contribution in [0.4, 0.5) is 5.69 Å². The standard InChI is InChI=1S/C27H25NO5/c1-3-16-33-22-14-8-19(9-15-22)25(30)23-24(18-6-12-21(29)13-7-18)28(27(32)26(23)31)20-10-4-17(2)5-11-20/h4-15,24,29-30H,3,16H2,1-2H3/b25-23+. The van der Waals surface area contributed by atoms with Gasteiger partial charge in [-0.15, -0.1) is 0 Å². The van der Waals surface area contributed by atoms with Crippen molar-refractivity contribution in [2.24, 2.45) is 0 Å². The van der Waals surface area contributed by atoms with Gasteiger partial charge in [0, 0.05) is 11.3 Å². The van der Waals surface area contributed by atoms with E-state index in [4.69, 9.17) is 4.74 Å². The number of anilines is 1. The molecular formula is C27H25NO5. The predicted molar refractivity (Wildman–Crippen MR) is 126 cm³/mol. The minimum atomic E-state index is -0.843. The van der Waals surface area contributed by atoms with Gasteiger partial charge in [0.05, 0.1) is 18.2 Å². The topological polar surface area (TPSA) is 87.1 Å². The van der Waals surface area contributed by atoms with Crippen LogP contribution in [0.15, 0.2) is 78.4 Å². The highest BCUT2D eigenvalue weighted by Crippen LogP contribution is 2.42. The van der Waals surface area contributed by atoms with Gasteiger partial charge < -0.3 is 14.9 Å². The number of rotatable bonds is 6. The molecule has 168 valence electrons. The summed E-state index contributed by atoms with van der Waals surface area (Å²) in [5.74, 6) is -1.03. The maximum Gasteiger partial charge on any atom is 0.300 e. The van der Waals surface area contributed by atoms with Crippen molar-refractivity contribution >= 4 is 23.1 Å². The van der Waals surface area contributed by atoms with Gasteiger partial charge >= 0.3 is 0 Å². The summed E-state index contributed by atoms with van der Waals surface area (Å²) in [6.07, 6.45) is 0.872. The zero-order valence-corrected chi connectivity index (χ0v) is 18.5. The average molecular weight is 443 g/mol. The van der Waals surface area contributed by atoms with Gasteiger partial charge in [-0.05, 0) is 67.4 Å². The molecular weight excluding hydrogens is 418 g/mol. The van der Waals surface area contributed by atoms with E-state index in [2.05, 4.69) is 0 Å². The van der Waals surface area contributed by atoms with Crippen molar-refractivity contribution in [3.05, 3.63) is 95.1 Å². The predicted octanol–water partition coefficient (Wildman–Crippen LogP) is 5.12. The van der Waals surface area contributed by atoms with Gasteiger partial charge in [0.25, 0.3) is 11.7 Å². The first-order valence-corrected chi connectivity index (χ1v) is 10.8.